The Morgan fingerprint density at radius 3 is 2.94 bits per heavy atom. The summed E-state index contributed by atoms with van der Waals surface area (Å²) in [4.78, 5) is 4.13. The number of nitrogens with one attached hydrogen (secondary N) is 1. The van der Waals surface area contributed by atoms with E-state index < -0.39 is 0 Å². The van der Waals surface area contributed by atoms with Gasteiger partial charge >= 0.3 is 0 Å². The number of nitrogens with two attached hydrogens (primary N) is 1. The van der Waals surface area contributed by atoms with Gasteiger partial charge in [0.25, 0.3) is 0 Å². The van der Waals surface area contributed by atoms with Crippen LogP contribution in [-0.4, -0.2) is 24.7 Å². The van der Waals surface area contributed by atoms with Gasteiger partial charge in [-0.1, -0.05) is 13.8 Å². The van der Waals surface area contributed by atoms with Gasteiger partial charge in [0, 0.05) is 19.3 Å². The van der Waals surface area contributed by atoms with Crippen molar-refractivity contribution in [1.82, 2.24) is 4.98 Å². The molecule has 0 aliphatic carbocycles. The third-order valence-electron chi connectivity index (χ3n) is 2.22. The van der Waals surface area contributed by atoms with E-state index in [0.717, 1.165) is 25.4 Å². The van der Waals surface area contributed by atoms with E-state index >= 15 is 0 Å². The molecule has 0 aromatic carbocycles. The van der Waals surface area contributed by atoms with Gasteiger partial charge in [0.15, 0.2) is 0 Å². The molecule has 0 aliphatic rings. The van der Waals surface area contributed by atoms with Crippen molar-refractivity contribution in [3.05, 3.63) is 18.3 Å². The molecule has 1 heterocycles. The lowest BCUT2D eigenvalue weighted by Crippen LogP contribution is -2.12. The van der Waals surface area contributed by atoms with Crippen LogP contribution >= 0.6 is 0 Å². The smallest absolute Gasteiger partial charge is 0.149 e. The van der Waals surface area contributed by atoms with E-state index in [2.05, 4.69) is 24.1 Å². The van der Waals surface area contributed by atoms with Crippen LogP contribution in [0.5, 0.6) is 0 Å². The fourth-order valence-electron chi connectivity index (χ4n) is 1.23. The standard InChI is InChI=1S/C12H21N3O/c1-10(2)5-8-16-9-7-15-12-11(13)4-3-6-14-12/h3-4,6,10H,5,7-9,13H2,1-2H3,(H,14,15). The van der Waals surface area contributed by atoms with E-state index in [4.69, 9.17) is 10.5 Å². The average Bonchev–Trinajstić information content (AvgIpc) is 2.25. The second-order valence-corrected chi connectivity index (χ2v) is 4.16. The Bertz CT molecular complexity index is 302. The second kappa shape index (κ2) is 7.06. The first-order chi connectivity index (χ1) is 7.70. The van der Waals surface area contributed by atoms with Gasteiger partial charge in [0.05, 0.1) is 12.3 Å². The van der Waals surface area contributed by atoms with Crippen molar-refractivity contribution in [2.75, 3.05) is 30.8 Å². The molecule has 3 N–H and O–H groups in total. The van der Waals surface area contributed by atoms with Crippen LogP contribution < -0.4 is 11.1 Å². The van der Waals surface area contributed by atoms with Gasteiger partial charge in [-0.25, -0.2) is 4.98 Å². The summed E-state index contributed by atoms with van der Waals surface area (Å²) in [5.41, 5.74) is 6.41. The number of hydrogen-bond acceptors (Lipinski definition) is 4. The predicted octanol–water partition coefficient (Wildman–Crippen LogP) is 2.14. The molecule has 0 unspecified atom stereocenters. The highest BCUT2D eigenvalue weighted by atomic mass is 16.5. The van der Waals surface area contributed by atoms with Crippen LogP contribution in [0.3, 0.4) is 0 Å². The Kier molecular flexibility index (Phi) is 5.64. The number of pyridine rings is 1. The van der Waals surface area contributed by atoms with E-state index in [-0.39, 0.29) is 0 Å². The van der Waals surface area contributed by atoms with Gasteiger partial charge in [-0.3, -0.25) is 0 Å². The Morgan fingerprint density at radius 1 is 1.44 bits per heavy atom. The minimum Gasteiger partial charge on any atom is -0.396 e. The molecule has 0 spiro atoms. The van der Waals surface area contributed by atoms with Crippen molar-refractivity contribution in [3.8, 4) is 0 Å². The van der Waals surface area contributed by atoms with E-state index in [9.17, 15) is 0 Å². The van der Waals surface area contributed by atoms with E-state index in [0.29, 0.717) is 18.2 Å². The predicted molar refractivity (Wildman–Crippen MR) is 67.4 cm³/mol. The van der Waals surface area contributed by atoms with Crippen LogP contribution in [0.1, 0.15) is 20.3 Å². The zero-order chi connectivity index (χ0) is 11.8. The number of rotatable bonds is 7. The molecule has 1 aromatic heterocycles. The summed E-state index contributed by atoms with van der Waals surface area (Å²) >= 11 is 0. The zero-order valence-electron chi connectivity index (χ0n) is 10.1. The molecule has 16 heavy (non-hydrogen) atoms. The maximum Gasteiger partial charge on any atom is 0.149 e. The lowest BCUT2D eigenvalue weighted by Gasteiger charge is -2.09. The second-order valence-electron chi connectivity index (χ2n) is 4.16. The van der Waals surface area contributed by atoms with Crippen molar-refractivity contribution < 1.29 is 4.74 Å². The summed E-state index contributed by atoms with van der Waals surface area (Å²) in [6, 6.07) is 3.65. The lowest BCUT2D eigenvalue weighted by molar-refractivity contribution is 0.132. The van der Waals surface area contributed by atoms with Crippen LogP contribution in [0.4, 0.5) is 11.5 Å². The maximum atomic E-state index is 5.74. The summed E-state index contributed by atoms with van der Waals surface area (Å²) in [5.74, 6) is 1.43. The van der Waals surface area contributed by atoms with Crippen molar-refractivity contribution in [3.63, 3.8) is 0 Å². The molecule has 4 nitrogen and oxygen atoms in total. The molecule has 0 bridgehead atoms. The molecule has 0 atom stereocenters. The van der Waals surface area contributed by atoms with E-state index in [1.165, 1.54) is 0 Å². The third-order valence-corrected chi connectivity index (χ3v) is 2.22. The van der Waals surface area contributed by atoms with E-state index in [1.807, 2.05) is 12.1 Å². The fourth-order valence-corrected chi connectivity index (χ4v) is 1.23. The van der Waals surface area contributed by atoms with Gasteiger partial charge in [0.1, 0.15) is 5.82 Å². The average molecular weight is 223 g/mol. The van der Waals surface area contributed by atoms with Crippen molar-refractivity contribution in [1.29, 1.82) is 0 Å². The maximum absolute atomic E-state index is 5.74. The summed E-state index contributed by atoms with van der Waals surface area (Å²) in [6.07, 6.45) is 2.82. The lowest BCUT2D eigenvalue weighted by atomic mass is 10.1. The first-order valence-electron chi connectivity index (χ1n) is 5.72. The minimum atomic E-state index is 0.671. The number of nitrogen functional groups attached to an aromatic ring is 1. The Morgan fingerprint density at radius 2 is 2.25 bits per heavy atom. The summed E-state index contributed by atoms with van der Waals surface area (Å²) in [6.45, 7) is 6.62. The number of ether oxygens (including phenoxy) is 1. The quantitative estimate of drug-likeness (QED) is 0.695. The normalized spacial score (nSPS) is 10.7. The minimum absolute atomic E-state index is 0.671. The van der Waals surface area contributed by atoms with Crippen LogP contribution in [0, 0.1) is 5.92 Å². The molecular weight excluding hydrogens is 202 g/mol. The topological polar surface area (TPSA) is 60.2 Å². The molecule has 90 valence electrons. The van der Waals surface area contributed by atoms with Crippen LogP contribution in [-0.2, 0) is 4.74 Å². The molecule has 0 radical (unpaired) electrons. The highest BCUT2D eigenvalue weighted by Gasteiger charge is 1.98. The number of nitrogens with zero attached hydrogens (tertiary/aromatic N) is 1. The highest BCUT2D eigenvalue weighted by Crippen LogP contribution is 2.11. The van der Waals surface area contributed by atoms with Crippen molar-refractivity contribution >= 4 is 11.5 Å². The molecule has 0 amide bonds. The Balaban J connectivity index is 2.10. The summed E-state index contributed by atoms with van der Waals surface area (Å²) < 4.78 is 5.47. The van der Waals surface area contributed by atoms with Crippen molar-refractivity contribution in [2.45, 2.75) is 20.3 Å². The van der Waals surface area contributed by atoms with Gasteiger partial charge in [-0.05, 0) is 24.5 Å². The fraction of sp³-hybridized carbons (Fsp3) is 0.583. The van der Waals surface area contributed by atoms with Gasteiger partial charge in [-0.2, -0.15) is 0 Å². The SMILES string of the molecule is CC(C)CCOCCNc1ncccc1N. The molecule has 4 heteroatoms. The third kappa shape index (κ3) is 4.98. The first kappa shape index (κ1) is 12.8. The van der Waals surface area contributed by atoms with Crippen LogP contribution in [0.25, 0.3) is 0 Å². The van der Waals surface area contributed by atoms with E-state index in [1.54, 1.807) is 6.20 Å². The monoisotopic (exact) mass is 223 g/mol. The molecule has 0 aliphatic heterocycles. The zero-order valence-corrected chi connectivity index (χ0v) is 10.1. The molecule has 1 rings (SSSR count). The highest BCUT2D eigenvalue weighted by molar-refractivity contribution is 5.60. The molecule has 1 aromatic rings. The summed E-state index contributed by atoms with van der Waals surface area (Å²) in [5, 5.41) is 3.14. The van der Waals surface area contributed by atoms with Crippen LogP contribution in [0.15, 0.2) is 18.3 Å². The first-order valence-corrected chi connectivity index (χ1v) is 5.72. The Hall–Kier alpha value is -1.29. The molecular formula is C12H21N3O. The van der Waals surface area contributed by atoms with Crippen molar-refractivity contribution in [2.24, 2.45) is 5.92 Å². The van der Waals surface area contributed by atoms with Crippen LogP contribution in [0.2, 0.25) is 0 Å². The number of anilines is 2. The Labute approximate surface area is 97.2 Å². The summed E-state index contributed by atoms with van der Waals surface area (Å²) in [7, 11) is 0. The number of hydrogen-bond donors (Lipinski definition) is 2. The van der Waals surface area contributed by atoms with Gasteiger partial charge < -0.3 is 15.8 Å². The van der Waals surface area contributed by atoms with Gasteiger partial charge in [0.2, 0.25) is 0 Å². The molecule has 0 saturated heterocycles. The molecule has 0 fully saturated rings. The molecule has 0 saturated carbocycles. The largest absolute Gasteiger partial charge is 0.396 e. The van der Waals surface area contributed by atoms with Gasteiger partial charge in [-0.15, -0.1) is 0 Å². The number of aromatic nitrogens is 1.